The van der Waals surface area contributed by atoms with Gasteiger partial charge in [0.15, 0.2) is 5.13 Å². The molecule has 3 aromatic rings. The second kappa shape index (κ2) is 8.84. The lowest BCUT2D eigenvalue weighted by Gasteiger charge is -2.05. The van der Waals surface area contributed by atoms with Gasteiger partial charge in [-0.2, -0.15) is 0 Å². The average Bonchev–Trinajstić information content (AvgIpc) is 3.13. The molecular weight excluding hydrogens is 414 g/mol. The molecule has 0 saturated carbocycles. The number of thiazole rings is 1. The van der Waals surface area contributed by atoms with E-state index in [1.807, 2.05) is 0 Å². The van der Waals surface area contributed by atoms with E-state index in [4.69, 9.17) is 5.11 Å². The van der Waals surface area contributed by atoms with Gasteiger partial charge >= 0.3 is 5.97 Å². The normalized spacial score (nSPS) is 11.0. The minimum absolute atomic E-state index is 0.0256. The fourth-order valence-electron chi connectivity index (χ4n) is 2.45. The molecule has 10 heteroatoms. The summed E-state index contributed by atoms with van der Waals surface area (Å²) in [5.41, 5.74) is 1.23. The Morgan fingerprint density at radius 1 is 1.07 bits per heavy atom. The van der Waals surface area contributed by atoms with Crippen molar-refractivity contribution in [2.75, 3.05) is 4.72 Å². The molecule has 8 nitrogen and oxygen atoms in total. The van der Waals surface area contributed by atoms with Crippen LogP contribution in [0.2, 0.25) is 0 Å². The lowest BCUT2D eigenvalue weighted by Crippen LogP contribution is -2.24. The number of aromatic nitrogens is 1. The van der Waals surface area contributed by atoms with Gasteiger partial charge < -0.3 is 10.4 Å². The molecule has 0 atom stereocenters. The molecule has 0 fully saturated rings. The topological polar surface area (TPSA) is 125 Å². The van der Waals surface area contributed by atoms with E-state index in [1.54, 1.807) is 35.7 Å². The van der Waals surface area contributed by atoms with Crippen molar-refractivity contribution in [2.24, 2.45) is 0 Å². The van der Waals surface area contributed by atoms with Crippen molar-refractivity contribution >= 4 is 38.4 Å². The molecule has 2 aromatic carbocycles. The number of benzene rings is 2. The molecule has 1 heterocycles. The number of amides is 1. The zero-order valence-electron chi connectivity index (χ0n) is 15.0. The highest BCUT2D eigenvalue weighted by Gasteiger charge is 2.16. The first kappa shape index (κ1) is 20.5. The molecular formula is C19H17N3O5S2. The molecule has 0 bridgehead atoms. The van der Waals surface area contributed by atoms with E-state index in [0.29, 0.717) is 11.3 Å². The van der Waals surface area contributed by atoms with Crippen molar-refractivity contribution in [2.45, 2.75) is 17.9 Å². The van der Waals surface area contributed by atoms with E-state index < -0.39 is 16.0 Å². The Morgan fingerprint density at radius 3 is 2.55 bits per heavy atom. The number of carboxylic acid groups (broad SMARTS) is 1. The van der Waals surface area contributed by atoms with Gasteiger partial charge in [-0.1, -0.05) is 30.3 Å². The lowest BCUT2D eigenvalue weighted by atomic mass is 10.1. The number of carbonyl (C=O) groups excluding carboxylic acids is 1. The van der Waals surface area contributed by atoms with Gasteiger partial charge in [0.2, 0.25) is 5.91 Å². The molecule has 29 heavy (non-hydrogen) atoms. The third-order valence-corrected chi connectivity index (χ3v) is 6.12. The summed E-state index contributed by atoms with van der Waals surface area (Å²) in [6, 6.07) is 14.2. The van der Waals surface area contributed by atoms with E-state index in [2.05, 4.69) is 15.0 Å². The monoisotopic (exact) mass is 431 g/mol. The summed E-state index contributed by atoms with van der Waals surface area (Å²) >= 11 is 1.09. The van der Waals surface area contributed by atoms with Crippen molar-refractivity contribution in [3.8, 4) is 0 Å². The number of carboxylic acids is 1. The highest BCUT2D eigenvalue weighted by molar-refractivity contribution is 7.93. The smallest absolute Gasteiger partial charge is 0.335 e. The van der Waals surface area contributed by atoms with Crippen LogP contribution in [0.3, 0.4) is 0 Å². The fraction of sp³-hybridized carbons (Fsp3) is 0.105. The fourth-order valence-corrected chi connectivity index (χ4v) is 4.43. The summed E-state index contributed by atoms with van der Waals surface area (Å²) < 4.78 is 27.0. The minimum Gasteiger partial charge on any atom is -0.478 e. The Balaban J connectivity index is 1.56. The van der Waals surface area contributed by atoms with Crippen LogP contribution in [0.25, 0.3) is 0 Å². The highest BCUT2D eigenvalue weighted by Crippen LogP contribution is 2.20. The van der Waals surface area contributed by atoms with Gasteiger partial charge in [0.1, 0.15) is 0 Å². The van der Waals surface area contributed by atoms with Crippen LogP contribution in [0.4, 0.5) is 5.13 Å². The van der Waals surface area contributed by atoms with Crippen LogP contribution in [0, 0.1) is 0 Å². The molecule has 0 aliphatic heterocycles. The predicted octanol–water partition coefficient (Wildman–Crippen LogP) is 2.50. The van der Waals surface area contributed by atoms with E-state index in [1.165, 1.54) is 24.3 Å². The quantitative estimate of drug-likeness (QED) is 0.503. The SMILES string of the molecule is O=C(Cc1csc(NS(=O)(=O)c2ccccc2)n1)NCc1cccc(C(=O)O)c1. The summed E-state index contributed by atoms with van der Waals surface area (Å²) in [4.78, 5) is 27.4. The third kappa shape index (κ3) is 5.62. The van der Waals surface area contributed by atoms with Gasteiger partial charge in [0.25, 0.3) is 10.0 Å². The van der Waals surface area contributed by atoms with Gasteiger partial charge in [-0.25, -0.2) is 18.2 Å². The first-order valence-electron chi connectivity index (χ1n) is 8.45. The predicted molar refractivity (Wildman–Crippen MR) is 108 cm³/mol. The molecule has 0 aliphatic rings. The largest absolute Gasteiger partial charge is 0.478 e. The number of nitrogens with one attached hydrogen (secondary N) is 2. The number of aromatic carboxylic acids is 1. The molecule has 150 valence electrons. The van der Waals surface area contributed by atoms with Crippen LogP contribution in [-0.2, 0) is 27.8 Å². The summed E-state index contributed by atoms with van der Waals surface area (Å²) in [5.74, 6) is -1.35. The third-order valence-electron chi connectivity index (χ3n) is 3.83. The molecule has 0 aliphatic carbocycles. The first-order chi connectivity index (χ1) is 13.8. The Hall–Kier alpha value is -3.24. The number of rotatable bonds is 8. The van der Waals surface area contributed by atoms with E-state index in [9.17, 15) is 18.0 Å². The molecule has 0 spiro atoms. The molecule has 3 N–H and O–H groups in total. The van der Waals surface area contributed by atoms with Crippen LogP contribution in [0.5, 0.6) is 0 Å². The van der Waals surface area contributed by atoms with Crippen LogP contribution >= 0.6 is 11.3 Å². The zero-order chi connectivity index (χ0) is 20.9. The first-order valence-corrected chi connectivity index (χ1v) is 10.8. The van der Waals surface area contributed by atoms with Gasteiger partial charge in [-0.3, -0.25) is 9.52 Å². The maximum atomic E-state index is 12.3. The number of hydrogen-bond donors (Lipinski definition) is 3. The standard InChI is InChI=1S/C19H17N3O5S2/c23-17(20-11-13-5-4-6-14(9-13)18(24)25)10-15-12-28-19(21-15)22-29(26,27)16-7-2-1-3-8-16/h1-9,12H,10-11H2,(H,20,23)(H,21,22)(H,24,25). The van der Waals surface area contributed by atoms with Crippen molar-refractivity contribution in [1.29, 1.82) is 0 Å². The van der Waals surface area contributed by atoms with Crippen LogP contribution in [0.1, 0.15) is 21.6 Å². The molecule has 3 rings (SSSR count). The van der Waals surface area contributed by atoms with E-state index in [0.717, 1.165) is 11.3 Å². The Kier molecular flexibility index (Phi) is 6.25. The Bertz CT molecular complexity index is 1130. The average molecular weight is 431 g/mol. The molecule has 0 radical (unpaired) electrons. The van der Waals surface area contributed by atoms with Crippen LogP contribution < -0.4 is 10.0 Å². The Morgan fingerprint density at radius 2 is 1.83 bits per heavy atom. The number of sulfonamides is 1. The summed E-state index contributed by atoms with van der Waals surface area (Å²) in [6.07, 6.45) is -0.0256. The minimum atomic E-state index is -3.74. The maximum absolute atomic E-state index is 12.3. The summed E-state index contributed by atoms with van der Waals surface area (Å²) in [7, 11) is -3.74. The van der Waals surface area contributed by atoms with Crippen molar-refractivity contribution < 1.29 is 23.1 Å². The zero-order valence-corrected chi connectivity index (χ0v) is 16.7. The van der Waals surface area contributed by atoms with E-state index in [-0.39, 0.29) is 34.5 Å². The lowest BCUT2D eigenvalue weighted by molar-refractivity contribution is -0.120. The van der Waals surface area contributed by atoms with Crippen molar-refractivity contribution in [3.05, 3.63) is 76.8 Å². The van der Waals surface area contributed by atoms with Crippen molar-refractivity contribution in [3.63, 3.8) is 0 Å². The highest BCUT2D eigenvalue weighted by atomic mass is 32.2. The molecule has 0 saturated heterocycles. The maximum Gasteiger partial charge on any atom is 0.335 e. The number of hydrogen-bond acceptors (Lipinski definition) is 6. The Labute approximate surface area is 171 Å². The van der Waals surface area contributed by atoms with E-state index >= 15 is 0 Å². The van der Waals surface area contributed by atoms with Gasteiger partial charge in [0.05, 0.1) is 22.6 Å². The summed E-state index contributed by atoms with van der Waals surface area (Å²) in [5, 5.41) is 13.5. The molecule has 0 unspecified atom stereocenters. The number of anilines is 1. The van der Waals surface area contributed by atoms with Crippen LogP contribution in [-0.4, -0.2) is 30.4 Å². The van der Waals surface area contributed by atoms with Gasteiger partial charge in [0, 0.05) is 11.9 Å². The van der Waals surface area contributed by atoms with Crippen molar-refractivity contribution in [1.82, 2.24) is 10.3 Å². The van der Waals surface area contributed by atoms with Gasteiger partial charge in [-0.05, 0) is 29.8 Å². The number of carbonyl (C=O) groups is 2. The second-order valence-electron chi connectivity index (χ2n) is 6.02. The molecule has 1 aromatic heterocycles. The second-order valence-corrected chi connectivity index (χ2v) is 8.56. The van der Waals surface area contributed by atoms with Gasteiger partial charge in [-0.15, -0.1) is 11.3 Å². The summed E-state index contributed by atoms with van der Waals surface area (Å²) in [6.45, 7) is 0.178. The number of nitrogens with zero attached hydrogens (tertiary/aromatic N) is 1. The molecule has 1 amide bonds. The van der Waals surface area contributed by atoms with Crippen LogP contribution in [0.15, 0.2) is 64.9 Å².